The average molecular weight is 256 g/mol. The number of anilines is 2. The summed E-state index contributed by atoms with van der Waals surface area (Å²) < 4.78 is 0. The van der Waals surface area contributed by atoms with Crippen molar-refractivity contribution in [2.75, 3.05) is 11.5 Å². The van der Waals surface area contributed by atoms with Gasteiger partial charge in [0.25, 0.3) is 0 Å². The van der Waals surface area contributed by atoms with Crippen LogP contribution in [0.15, 0.2) is 24.3 Å². The Bertz CT molecular complexity index is 567. The van der Waals surface area contributed by atoms with Crippen LogP contribution in [-0.2, 0) is 0 Å². The fraction of sp³-hybridized carbons (Fsp3) is 0.294. The second kappa shape index (κ2) is 5.35. The molecular formula is C17H24N2. The third-order valence-electron chi connectivity index (χ3n) is 3.88. The molecular weight excluding hydrogens is 232 g/mol. The van der Waals surface area contributed by atoms with E-state index in [1.165, 1.54) is 33.4 Å². The molecule has 0 spiro atoms. The molecule has 0 atom stereocenters. The van der Waals surface area contributed by atoms with E-state index in [-0.39, 0.29) is 7.43 Å². The van der Waals surface area contributed by atoms with E-state index < -0.39 is 0 Å². The van der Waals surface area contributed by atoms with Crippen LogP contribution in [0.1, 0.15) is 29.7 Å². The van der Waals surface area contributed by atoms with Crippen LogP contribution in [-0.4, -0.2) is 0 Å². The van der Waals surface area contributed by atoms with E-state index in [0.29, 0.717) is 0 Å². The van der Waals surface area contributed by atoms with Crippen LogP contribution in [0.2, 0.25) is 0 Å². The molecule has 0 aliphatic rings. The molecule has 0 fully saturated rings. The first-order valence-corrected chi connectivity index (χ1v) is 6.15. The minimum Gasteiger partial charge on any atom is -0.399 e. The van der Waals surface area contributed by atoms with Crippen molar-refractivity contribution in [3.05, 3.63) is 46.5 Å². The van der Waals surface area contributed by atoms with Crippen LogP contribution < -0.4 is 11.5 Å². The van der Waals surface area contributed by atoms with Crippen LogP contribution in [0.5, 0.6) is 0 Å². The minimum absolute atomic E-state index is 0. The first-order valence-electron chi connectivity index (χ1n) is 6.15. The highest BCUT2D eigenvalue weighted by Crippen LogP contribution is 2.35. The summed E-state index contributed by atoms with van der Waals surface area (Å²) >= 11 is 0. The molecule has 0 aromatic heterocycles. The normalized spacial score (nSPS) is 10.1. The van der Waals surface area contributed by atoms with E-state index in [1.54, 1.807) is 0 Å². The van der Waals surface area contributed by atoms with Crippen molar-refractivity contribution in [1.29, 1.82) is 0 Å². The van der Waals surface area contributed by atoms with E-state index in [9.17, 15) is 0 Å². The third-order valence-corrected chi connectivity index (χ3v) is 3.88. The quantitative estimate of drug-likeness (QED) is 0.743. The van der Waals surface area contributed by atoms with Gasteiger partial charge in [-0.2, -0.15) is 0 Å². The highest BCUT2D eigenvalue weighted by atomic mass is 14.6. The number of nitrogen functional groups attached to an aromatic ring is 2. The summed E-state index contributed by atoms with van der Waals surface area (Å²) in [6.07, 6.45) is 0. The van der Waals surface area contributed by atoms with Gasteiger partial charge in [-0.25, -0.2) is 0 Å². The highest BCUT2D eigenvalue weighted by Gasteiger charge is 2.13. The molecule has 19 heavy (non-hydrogen) atoms. The Labute approximate surface area is 116 Å². The van der Waals surface area contributed by atoms with Gasteiger partial charge < -0.3 is 11.5 Å². The molecule has 2 aromatic carbocycles. The summed E-state index contributed by atoms with van der Waals surface area (Å²) in [6, 6.07) is 8.02. The van der Waals surface area contributed by atoms with Crippen LogP contribution in [0, 0.1) is 27.7 Å². The zero-order chi connectivity index (χ0) is 13.4. The van der Waals surface area contributed by atoms with Gasteiger partial charge in [0.1, 0.15) is 0 Å². The maximum Gasteiger partial charge on any atom is 0.0379 e. The van der Waals surface area contributed by atoms with E-state index in [2.05, 4.69) is 39.8 Å². The highest BCUT2D eigenvalue weighted by molar-refractivity contribution is 5.78. The molecule has 102 valence electrons. The standard InChI is InChI=1S/C16H20N2.CH4/c1-9-11(3)16(18)12(4)10(2)15(9)13-5-7-14(17)8-6-13;/h5-8H,17-18H2,1-4H3;1H4. The molecule has 0 saturated heterocycles. The molecule has 0 unspecified atom stereocenters. The van der Waals surface area contributed by atoms with Crippen molar-refractivity contribution in [1.82, 2.24) is 0 Å². The predicted molar refractivity (Wildman–Crippen MR) is 86.4 cm³/mol. The third kappa shape index (κ3) is 2.43. The van der Waals surface area contributed by atoms with Gasteiger partial charge in [0, 0.05) is 11.4 Å². The Balaban J connectivity index is 0.00000180. The summed E-state index contributed by atoms with van der Waals surface area (Å²) in [6.45, 7) is 8.42. The Morgan fingerprint density at radius 3 is 1.53 bits per heavy atom. The van der Waals surface area contributed by atoms with Crippen LogP contribution >= 0.6 is 0 Å². The van der Waals surface area contributed by atoms with Crippen molar-refractivity contribution in [2.45, 2.75) is 35.1 Å². The molecule has 2 rings (SSSR count). The summed E-state index contributed by atoms with van der Waals surface area (Å²) in [5.74, 6) is 0. The molecule has 2 aromatic rings. The lowest BCUT2D eigenvalue weighted by molar-refractivity contribution is 1.25. The molecule has 0 aliphatic carbocycles. The van der Waals surface area contributed by atoms with E-state index >= 15 is 0 Å². The average Bonchev–Trinajstić information content (AvgIpc) is 2.36. The van der Waals surface area contributed by atoms with E-state index in [4.69, 9.17) is 11.5 Å². The summed E-state index contributed by atoms with van der Waals surface area (Å²) in [5.41, 5.74) is 20.9. The number of hydrogen-bond acceptors (Lipinski definition) is 2. The van der Waals surface area contributed by atoms with Gasteiger partial charge in [-0.1, -0.05) is 19.6 Å². The first-order chi connectivity index (χ1) is 8.43. The first kappa shape index (κ1) is 15.1. The Morgan fingerprint density at radius 1 is 0.684 bits per heavy atom. The van der Waals surface area contributed by atoms with Crippen LogP contribution in [0.4, 0.5) is 11.4 Å². The molecule has 2 heteroatoms. The zero-order valence-electron chi connectivity index (χ0n) is 11.5. The number of rotatable bonds is 1. The van der Waals surface area contributed by atoms with Gasteiger partial charge in [-0.3, -0.25) is 0 Å². The number of benzene rings is 2. The van der Waals surface area contributed by atoms with Gasteiger partial charge in [0.05, 0.1) is 0 Å². The second-order valence-electron chi connectivity index (χ2n) is 4.91. The molecule has 0 bridgehead atoms. The van der Waals surface area contributed by atoms with E-state index in [0.717, 1.165) is 11.4 Å². The Morgan fingerprint density at radius 2 is 1.11 bits per heavy atom. The number of nitrogens with two attached hydrogens (primary N) is 2. The molecule has 0 aliphatic heterocycles. The molecule has 0 amide bonds. The SMILES string of the molecule is C.Cc1c(C)c(-c2ccc(N)cc2)c(C)c(C)c1N. The fourth-order valence-corrected chi connectivity index (χ4v) is 2.42. The zero-order valence-corrected chi connectivity index (χ0v) is 11.5. The van der Waals surface area contributed by atoms with Gasteiger partial charge in [-0.15, -0.1) is 0 Å². The fourth-order valence-electron chi connectivity index (χ4n) is 2.42. The molecule has 2 nitrogen and oxygen atoms in total. The largest absolute Gasteiger partial charge is 0.399 e. The lowest BCUT2D eigenvalue weighted by Gasteiger charge is -2.18. The Hall–Kier alpha value is -1.96. The topological polar surface area (TPSA) is 52.0 Å². The van der Waals surface area contributed by atoms with Gasteiger partial charge >= 0.3 is 0 Å². The summed E-state index contributed by atoms with van der Waals surface area (Å²) in [4.78, 5) is 0. The second-order valence-corrected chi connectivity index (χ2v) is 4.91. The van der Waals surface area contributed by atoms with Gasteiger partial charge in [-0.05, 0) is 73.2 Å². The van der Waals surface area contributed by atoms with Crippen molar-refractivity contribution in [3.8, 4) is 11.1 Å². The van der Waals surface area contributed by atoms with Crippen molar-refractivity contribution in [2.24, 2.45) is 0 Å². The monoisotopic (exact) mass is 256 g/mol. The minimum atomic E-state index is 0. The molecule has 0 heterocycles. The van der Waals surface area contributed by atoms with Gasteiger partial charge in [0.2, 0.25) is 0 Å². The van der Waals surface area contributed by atoms with Gasteiger partial charge in [0.15, 0.2) is 0 Å². The maximum atomic E-state index is 6.13. The number of hydrogen-bond donors (Lipinski definition) is 2. The lowest BCUT2D eigenvalue weighted by atomic mass is 9.88. The molecule has 0 saturated carbocycles. The van der Waals surface area contributed by atoms with Crippen molar-refractivity contribution >= 4 is 11.4 Å². The predicted octanol–water partition coefficient (Wildman–Crippen LogP) is 4.39. The van der Waals surface area contributed by atoms with Crippen LogP contribution in [0.25, 0.3) is 11.1 Å². The maximum absolute atomic E-state index is 6.13. The lowest BCUT2D eigenvalue weighted by Crippen LogP contribution is -2.02. The van der Waals surface area contributed by atoms with Crippen molar-refractivity contribution < 1.29 is 0 Å². The summed E-state index contributed by atoms with van der Waals surface area (Å²) in [5, 5.41) is 0. The molecule has 4 N–H and O–H groups in total. The Kier molecular flexibility index (Phi) is 4.25. The van der Waals surface area contributed by atoms with Crippen molar-refractivity contribution in [3.63, 3.8) is 0 Å². The summed E-state index contributed by atoms with van der Waals surface area (Å²) in [7, 11) is 0. The molecule has 0 radical (unpaired) electrons. The smallest absolute Gasteiger partial charge is 0.0379 e. The van der Waals surface area contributed by atoms with Crippen LogP contribution in [0.3, 0.4) is 0 Å². The van der Waals surface area contributed by atoms with E-state index in [1.807, 2.05) is 12.1 Å².